The van der Waals surface area contributed by atoms with E-state index < -0.39 is 11.7 Å². The average molecular weight is 337 g/mol. The zero-order chi connectivity index (χ0) is 18.0. The first-order valence-electron chi connectivity index (χ1n) is 8.68. The maximum absolute atomic E-state index is 11.7. The van der Waals surface area contributed by atoms with Crippen LogP contribution in [-0.2, 0) is 17.6 Å². The molecule has 0 aliphatic heterocycles. The summed E-state index contributed by atoms with van der Waals surface area (Å²) in [5, 5.41) is 12.0. The molecule has 0 saturated heterocycles. The first kappa shape index (κ1) is 20.3. The molecular weight excluding hydrogens is 306 g/mol. The zero-order valence-electron chi connectivity index (χ0n) is 15.4. The van der Waals surface area contributed by atoms with Gasteiger partial charge in [-0.2, -0.15) is 0 Å². The van der Waals surface area contributed by atoms with Crippen molar-refractivity contribution < 1.29 is 19.4 Å². The van der Waals surface area contributed by atoms with Crippen LogP contribution in [0.15, 0.2) is 18.2 Å². The van der Waals surface area contributed by atoms with Crippen LogP contribution in [0, 0.1) is 0 Å². The summed E-state index contributed by atoms with van der Waals surface area (Å²) in [5.41, 5.74) is 1.66. The van der Waals surface area contributed by atoms with Crippen molar-refractivity contribution in [1.82, 2.24) is 5.32 Å². The van der Waals surface area contributed by atoms with Gasteiger partial charge < -0.3 is 19.9 Å². The number of unbranched alkanes of at least 4 members (excludes halogenated alkanes) is 1. The summed E-state index contributed by atoms with van der Waals surface area (Å²) >= 11 is 0. The minimum absolute atomic E-state index is 0.0882. The molecular formula is C19H31NO4. The minimum atomic E-state index is -0.496. The van der Waals surface area contributed by atoms with E-state index >= 15 is 0 Å². The van der Waals surface area contributed by atoms with Crippen molar-refractivity contribution in [3.05, 3.63) is 29.3 Å². The first-order chi connectivity index (χ1) is 11.4. The summed E-state index contributed by atoms with van der Waals surface area (Å²) in [4.78, 5) is 11.7. The van der Waals surface area contributed by atoms with E-state index in [9.17, 15) is 9.90 Å². The Bertz CT molecular complexity index is 509. The fourth-order valence-corrected chi connectivity index (χ4v) is 2.24. The van der Waals surface area contributed by atoms with Gasteiger partial charge in [0.15, 0.2) is 0 Å². The quantitative estimate of drug-likeness (QED) is 0.677. The molecule has 5 nitrogen and oxygen atoms in total. The zero-order valence-corrected chi connectivity index (χ0v) is 15.4. The lowest BCUT2D eigenvalue weighted by molar-refractivity contribution is 0.0528. The lowest BCUT2D eigenvalue weighted by Gasteiger charge is -2.20. The number of hydrogen-bond donors (Lipinski definition) is 2. The van der Waals surface area contributed by atoms with Crippen LogP contribution >= 0.6 is 0 Å². The van der Waals surface area contributed by atoms with Gasteiger partial charge in [-0.05, 0) is 63.3 Å². The van der Waals surface area contributed by atoms with Crippen molar-refractivity contribution >= 4 is 6.09 Å². The molecule has 1 rings (SSSR count). The van der Waals surface area contributed by atoms with Crippen molar-refractivity contribution in [1.29, 1.82) is 0 Å². The van der Waals surface area contributed by atoms with Gasteiger partial charge in [0.1, 0.15) is 11.4 Å². The number of benzene rings is 1. The summed E-state index contributed by atoms with van der Waals surface area (Å²) in [6.07, 6.45) is 2.97. The Labute approximate surface area is 145 Å². The van der Waals surface area contributed by atoms with Gasteiger partial charge in [-0.3, -0.25) is 0 Å². The summed E-state index contributed by atoms with van der Waals surface area (Å²) in [6, 6.07) is 5.93. The normalized spacial score (nSPS) is 11.2. The molecule has 0 unspecified atom stereocenters. The van der Waals surface area contributed by atoms with Crippen molar-refractivity contribution in [3.8, 4) is 5.75 Å². The number of aliphatic hydroxyl groups is 1. The summed E-state index contributed by atoms with van der Waals surface area (Å²) in [5.74, 6) is 0.829. The Balaban J connectivity index is 2.58. The van der Waals surface area contributed by atoms with E-state index in [-0.39, 0.29) is 6.61 Å². The molecule has 0 radical (unpaired) electrons. The van der Waals surface area contributed by atoms with Crippen molar-refractivity contribution in [2.24, 2.45) is 0 Å². The second-order valence-corrected chi connectivity index (χ2v) is 6.78. The van der Waals surface area contributed by atoms with Crippen molar-refractivity contribution in [3.63, 3.8) is 0 Å². The molecule has 0 spiro atoms. The molecule has 136 valence electrons. The Morgan fingerprint density at radius 3 is 2.58 bits per heavy atom. The minimum Gasteiger partial charge on any atom is -0.494 e. The highest BCUT2D eigenvalue weighted by molar-refractivity contribution is 5.67. The molecule has 0 aliphatic carbocycles. The molecule has 1 aromatic rings. The lowest BCUT2D eigenvalue weighted by Crippen LogP contribution is -2.33. The van der Waals surface area contributed by atoms with Gasteiger partial charge in [-0.1, -0.05) is 19.4 Å². The SMILES string of the molecule is CCCCOc1ccc(CCNC(=O)OC(C)(C)C)c(CCO)c1. The van der Waals surface area contributed by atoms with Crippen molar-refractivity contribution in [2.45, 2.75) is 59.0 Å². The Kier molecular flexibility index (Phi) is 8.61. The van der Waals surface area contributed by atoms with Crippen LogP contribution < -0.4 is 10.1 Å². The average Bonchev–Trinajstić information content (AvgIpc) is 2.48. The molecule has 0 bridgehead atoms. The van der Waals surface area contributed by atoms with Gasteiger partial charge in [0, 0.05) is 13.2 Å². The maximum Gasteiger partial charge on any atom is 0.407 e. The Morgan fingerprint density at radius 1 is 1.21 bits per heavy atom. The van der Waals surface area contributed by atoms with Gasteiger partial charge in [0.05, 0.1) is 6.61 Å². The van der Waals surface area contributed by atoms with E-state index in [1.165, 1.54) is 0 Å². The number of rotatable bonds is 9. The van der Waals surface area contributed by atoms with E-state index in [1.54, 1.807) is 0 Å². The molecule has 1 amide bonds. The summed E-state index contributed by atoms with van der Waals surface area (Å²) < 4.78 is 10.9. The Morgan fingerprint density at radius 2 is 1.96 bits per heavy atom. The number of aliphatic hydroxyl groups excluding tert-OH is 1. The van der Waals surface area contributed by atoms with Crippen LogP contribution in [0.5, 0.6) is 5.75 Å². The molecule has 0 atom stereocenters. The van der Waals surface area contributed by atoms with Crippen LogP contribution in [0.4, 0.5) is 4.79 Å². The third-order valence-electron chi connectivity index (χ3n) is 3.39. The highest BCUT2D eigenvalue weighted by atomic mass is 16.6. The lowest BCUT2D eigenvalue weighted by atomic mass is 10.0. The number of ether oxygens (including phenoxy) is 2. The summed E-state index contributed by atoms with van der Waals surface area (Å²) in [7, 11) is 0. The summed E-state index contributed by atoms with van der Waals surface area (Å²) in [6.45, 7) is 8.92. The third-order valence-corrected chi connectivity index (χ3v) is 3.39. The molecule has 0 heterocycles. The van der Waals surface area contributed by atoms with E-state index in [0.29, 0.717) is 26.0 Å². The molecule has 0 aliphatic rings. The van der Waals surface area contributed by atoms with Gasteiger partial charge in [0.2, 0.25) is 0 Å². The van der Waals surface area contributed by atoms with Crippen LogP contribution in [0.25, 0.3) is 0 Å². The van der Waals surface area contributed by atoms with E-state index in [1.807, 2.05) is 39.0 Å². The molecule has 1 aromatic carbocycles. The van der Waals surface area contributed by atoms with E-state index in [2.05, 4.69) is 12.2 Å². The number of hydrogen-bond acceptors (Lipinski definition) is 4. The number of alkyl carbamates (subject to hydrolysis) is 1. The predicted octanol–water partition coefficient (Wildman–Crippen LogP) is 3.47. The van der Waals surface area contributed by atoms with Crippen molar-refractivity contribution in [2.75, 3.05) is 19.8 Å². The molecule has 5 heteroatoms. The van der Waals surface area contributed by atoms with E-state index in [0.717, 1.165) is 29.7 Å². The third kappa shape index (κ3) is 8.20. The number of carbonyl (C=O) groups is 1. The second kappa shape index (κ2) is 10.2. The highest BCUT2D eigenvalue weighted by Gasteiger charge is 2.15. The van der Waals surface area contributed by atoms with Crippen LogP contribution in [0.1, 0.15) is 51.7 Å². The number of carbonyl (C=O) groups excluding carboxylic acids is 1. The molecule has 0 aromatic heterocycles. The largest absolute Gasteiger partial charge is 0.494 e. The van der Waals surface area contributed by atoms with E-state index in [4.69, 9.17) is 9.47 Å². The van der Waals surface area contributed by atoms with Gasteiger partial charge in [-0.15, -0.1) is 0 Å². The monoisotopic (exact) mass is 337 g/mol. The number of amides is 1. The predicted molar refractivity (Wildman–Crippen MR) is 95.6 cm³/mol. The highest BCUT2D eigenvalue weighted by Crippen LogP contribution is 2.19. The molecule has 0 fully saturated rings. The Hall–Kier alpha value is -1.75. The molecule has 24 heavy (non-hydrogen) atoms. The van der Waals surface area contributed by atoms with Crippen LogP contribution in [0.2, 0.25) is 0 Å². The van der Waals surface area contributed by atoms with Gasteiger partial charge in [-0.25, -0.2) is 4.79 Å². The topological polar surface area (TPSA) is 67.8 Å². The number of nitrogens with one attached hydrogen (secondary N) is 1. The standard InChI is InChI=1S/C19H31NO4/c1-5-6-13-23-17-8-7-15(16(14-17)10-12-21)9-11-20-18(22)24-19(2,3)4/h7-8,14,21H,5-6,9-13H2,1-4H3,(H,20,22). The smallest absolute Gasteiger partial charge is 0.407 e. The fourth-order valence-electron chi connectivity index (χ4n) is 2.24. The van der Waals surface area contributed by atoms with Crippen LogP contribution in [0.3, 0.4) is 0 Å². The van der Waals surface area contributed by atoms with Gasteiger partial charge in [0.25, 0.3) is 0 Å². The first-order valence-corrected chi connectivity index (χ1v) is 8.68. The second-order valence-electron chi connectivity index (χ2n) is 6.78. The maximum atomic E-state index is 11.7. The van der Waals surface area contributed by atoms with Gasteiger partial charge >= 0.3 is 6.09 Å². The molecule has 2 N–H and O–H groups in total. The fraction of sp³-hybridized carbons (Fsp3) is 0.632. The van der Waals surface area contributed by atoms with Crippen LogP contribution in [-0.4, -0.2) is 36.6 Å². The molecule has 0 saturated carbocycles.